The Labute approximate surface area is 165 Å². The predicted octanol–water partition coefficient (Wildman–Crippen LogP) is 1.12. The summed E-state index contributed by atoms with van der Waals surface area (Å²) in [5.74, 6) is -1.66. The van der Waals surface area contributed by atoms with E-state index in [2.05, 4.69) is 5.32 Å². The standard InChI is InChI=1S/C18H18N4O7/c1-28-15-11-12(22(26)27)4-5-13(15)19-16(23)18(25)21-8-6-20(7-9-21)17(24)14-3-2-10-29-14/h2-5,10-11H,6-9H2,1H3,(H,19,23). The zero-order valence-corrected chi connectivity index (χ0v) is 15.5. The van der Waals surface area contributed by atoms with E-state index in [4.69, 9.17) is 9.15 Å². The highest BCUT2D eigenvalue weighted by Gasteiger charge is 2.29. The van der Waals surface area contributed by atoms with Crippen LogP contribution in [0.3, 0.4) is 0 Å². The second-order valence-corrected chi connectivity index (χ2v) is 6.16. The minimum Gasteiger partial charge on any atom is -0.494 e. The van der Waals surface area contributed by atoms with Gasteiger partial charge in [-0.05, 0) is 18.2 Å². The Morgan fingerprint density at radius 3 is 2.41 bits per heavy atom. The third kappa shape index (κ3) is 4.34. The van der Waals surface area contributed by atoms with E-state index in [1.54, 1.807) is 17.0 Å². The Bertz CT molecular complexity index is 934. The molecule has 1 aliphatic rings. The summed E-state index contributed by atoms with van der Waals surface area (Å²) in [6.07, 6.45) is 1.41. The molecule has 0 aliphatic carbocycles. The number of non-ortho nitro benzene ring substituents is 1. The fourth-order valence-electron chi connectivity index (χ4n) is 2.88. The number of carbonyl (C=O) groups excluding carboxylic acids is 3. The SMILES string of the molecule is COc1cc([N+](=O)[O-])ccc1NC(=O)C(=O)N1CCN(C(=O)c2ccco2)CC1. The van der Waals surface area contributed by atoms with Gasteiger partial charge in [0.1, 0.15) is 5.75 Å². The molecule has 0 radical (unpaired) electrons. The topological polar surface area (TPSA) is 135 Å². The summed E-state index contributed by atoms with van der Waals surface area (Å²) in [7, 11) is 1.30. The summed E-state index contributed by atoms with van der Waals surface area (Å²) in [5.41, 5.74) is -0.0633. The molecule has 2 heterocycles. The van der Waals surface area contributed by atoms with Gasteiger partial charge in [0, 0.05) is 32.2 Å². The van der Waals surface area contributed by atoms with Crippen molar-refractivity contribution < 1.29 is 28.5 Å². The molecule has 11 nitrogen and oxygen atoms in total. The van der Waals surface area contributed by atoms with Gasteiger partial charge in [-0.3, -0.25) is 24.5 Å². The number of ether oxygens (including phenoxy) is 1. The van der Waals surface area contributed by atoms with Gasteiger partial charge in [0.25, 0.3) is 11.6 Å². The highest BCUT2D eigenvalue weighted by Crippen LogP contribution is 2.29. The molecule has 0 saturated carbocycles. The first-order valence-electron chi connectivity index (χ1n) is 8.66. The van der Waals surface area contributed by atoms with Crippen LogP contribution in [-0.2, 0) is 9.59 Å². The molecule has 11 heteroatoms. The molecular weight excluding hydrogens is 384 g/mol. The van der Waals surface area contributed by atoms with Gasteiger partial charge in [0.2, 0.25) is 0 Å². The lowest BCUT2D eigenvalue weighted by Crippen LogP contribution is -2.52. The maximum Gasteiger partial charge on any atom is 0.314 e. The lowest BCUT2D eigenvalue weighted by atomic mass is 10.2. The number of hydrogen-bond donors (Lipinski definition) is 1. The minimum atomic E-state index is -0.900. The van der Waals surface area contributed by atoms with E-state index in [-0.39, 0.29) is 55.0 Å². The molecule has 1 saturated heterocycles. The minimum absolute atomic E-state index is 0.0641. The summed E-state index contributed by atoms with van der Waals surface area (Å²) in [4.78, 5) is 50.1. The number of hydrogen-bond acceptors (Lipinski definition) is 7. The fourth-order valence-corrected chi connectivity index (χ4v) is 2.88. The van der Waals surface area contributed by atoms with Gasteiger partial charge in [0.15, 0.2) is 5.76 Å². The van der Waals surface area contributed by atoms with Crippen molar-refractivity contribution in [1.29, 1.82) is 0 Å². The van der Waals surface area contributed by atoms with Crippen molar-refractivity contribution in [2.75, 3.05) is 38.6 Å². The van der Waals surface area contributed by atoms with Gasteiger partial charge in [-0.2, -0.15) is 0 Å². The fraction of sp³-hybridized carbons (Fsp3) is 0.278. The van der Waals surface area contributed by atoms with E-state index < -0.39 is 16.7 Å². The molecule has 2 aromatic rings. The van der Waals surface area contributed by atoms with Crippen LogP contribution in [0.1, 0.15) is 10.6 Å². The van der Waals surface area contributed by atoms with Gasteiger partial charge in [0.05, 0.1) is 30.1 Å². The van der Waals surface area contributed by atoms with Crippen molar-refractivity contribution in [1.82, 2.24) is 9.80 Å². The number of carbonyl (C=O) groups is 3. The van der Waals surface area contributed by atoms with Crippen LogP contribution in [0, 0.1) is 10.1 Å². The molecule has 0 atom stereocenters. The summed E-state index contributed by atoms with van der Waals surface area (Å²) in [6.45, 7) is 0.908. The van der Waals surface area contributed by atoms with Crippen LogP contribution in [0.4, 0.5) is 11.4 Å². The van der Waals surface area contributed by atoms with Gasteiger partial charge in [-0.1, -0.05) is 0 Å². The van der Waals surface area contributed by atoms with Crippen molar-refractivity contribution in [3.05, 3.63) is 52.5 Å². The van der Waals surface area contributed by atoms with E-state index in [9.17, 15) is 24.5 Å². The van der Waals surface area contributed by atoms with Crippen LogP contribution in [0.15, 0.2) is 41.0 Å². The van der Waals surface area contributed by atoms with Crippen LogP contribution in [0.2, 0.25) is 0 Å². The van der Waals surface area contributed by atoms with E-state index in [1.165, 1.54) is 30.4 Å². The first-order chi connectivity index (χ1) is 13.9. The number of rotatable bonds is 4. The number of nitro groups is 1. The Hall–Kier alpha value is -3.89. The summed E-state index contributed by atoms with van der Waals surface area (Å²) in [6, 6.07) is 6.82. The third-order valence-corrected chi connectivity index (χ3v) is 4.42. The molecule has 1 aliphatic heterocycles. The molecule has 152 valence electrons. The average Bonchev–Trinajstić information content (AvgIpc) is 3.27. The predicted molar refractivity (Wildman–Crippen MR) is 99.5 cm³/mol. The number of anilines is 1. The number of piperazine rings is 1. The zero-order valence-electron chi connectivity index (χ0n) is 15.5. The first-order valence-corrected chi connectivity index (χ1v) is 8.66. The van der Waals surface area contributed by atoms with Crippen LogP contribution < -0.4 is 10.1 Å². The van der Waals surface area contributed by atoms with Crippen LogP contribution in [0.25, 0.3) is 0 Å². The Morgan fingerprint density at radius 2 is 1.83 bits per heavy atom. The Balaban J connectivity index is 1.59. The number of nitrogens with one attached hydrogen (secondary N) is 1. The molecule has 0 bridgehead atoms. The number of benzene rings is 1. The number of furan rings is 1. The smallest absolute Gasteiger partial charge is 0.314 e. The summed E-state index contributed by atoms with van der Waals surface area (Å²) in [5, 5.41) is 13.2. The zero-order chi connectivity index (χ0) is 21.0. The molecule has 0 unspecified atom stereocenters. The van der Waals surface area contributed by atoms with Crippen molar-refractivity contribution in [2.45, 2.75) is 0 Å². The Kier molecular flexibility index (Phi) is 5.77. The molecule has 29 heavy (non-hydrogen) atoms. The lowest BCUT2D eigenvalue weighted by molar-refractivity contribution is -0.384. The second-order valence-electron chi connectivity index (χ2n) is 6.16. The van der Waals surface area contributed by atoms with Crippen LogP contribution >= 0.6 is 0 Å². The second kappa shape index (κ2) is 8.42. The molecule has 3 rings (SSSR count). The number of nitrogens with zero attached hydrogens (tertiary/aromatic N) is 3. The van der Waals surface area contributed by atoms with Crippen molar-refractivity contribution in [3.8, 4) is 5.75 Å². The van der Waals surface area contributed by atoms with E-state index in [0.29, 0.717) is 0 Å². The lowest BCUT2D eigenvalue weighted by Gasteiger charge is -2.33. The van der Waals surface area contributed by atoms with Gasteiger partial charge in [-0.15, -0.1) is 0 Å². The largest absolute Gasteiger partial charge is 0.494 e. The Morgan fingerprint density at radius 1 is 1.14 bits per heavy atom. The van der Waals surface area contributed by atoms with Crippen molar-refractivity contribution >= 4 is 29.1 Å². The third-order valence-electron chi connectivity index (χ3n) is 4.42. The van der Waals surface area contributed by atoms with Gasteiger partial charge in [-0.25, -0.2) is 0 Å². The maximum absolute atomic E-state index is 12.4. The van der Waals surface area contributed by atoms with Gasteiger partial charge < -0.3 is 24.3 Å². The maximum atomic E-state index is 12.4. The highest BCUT2D eigenvalue weighted by molar-refractivity contribution is 6.39. The van der Waals surface area contributed by atoms with E-state index in [0.717, 1.165) is 6.07 Å². The molecule has 1 N–H and O–H groups in total. The van der Waals surface area contributed by atoms with Crippen molar-refractivity contribution in [2.24, 2.45) is 0 Å². The highest BCUT2D eigenvalue weighted by atomic mass is 16.6. The molecule has 0 spiro atoms. The van der Waals surface area contributed by atoms with Crippen LogP contribution in [-0.4, -0.2) is 65.7 Å². The van der Waals surface area contributed by atoms with Crippen LogP contribution in [0.5, 0.6) is 5.75 Å². The molecule has 1 fully saturated rings. The first kappa shape index (κ1) is 19.9. The molecule has 1 aromatic heterocycles. The molecular formula is C18H18N4O7. The monoisotopic (exact) mass is 402 g/mol. The normalized spacial score (nSPS) is 13.7. The summed E-state index contributed by atoms with van der Waals surface area (Å²) < 4.78 is 10.1. The number of amides is 3. The number of methoxy groups -OCH3 is 1. The summed E-state index contributed by atoms with van der Waals surface area (Å²) >= 11 is 0. The average molecular weight is 402 g/mol. The van der Waals surface area contributed by atoms with E-state index in [1.807, 2.05) is 0 Å². The number of nitro benzene ring substituents is 1. The van der Waals surface area contributed by atoms with E-state index >= 15 is 0 Å². The molecule has 1 aromatic carbocycles. The van der Waals surface area contributed by atoms with Crippen molar-refractivity contribution in [3.63, 3.8) is 0 Å². The molecule has 3 amide bonds. The van der Waals surface area contributed by atoms with Gasteiger partial charge >= 0.3 is 11.8 Å². The quantitative estimate of drug-likeness (QED) is 0.460.